The lowest BCUT2D eigenvalue weighted by molar-refractivity contribution is -0.117. The molecule has 100 valence electrons. The van der Waals surface area contributed by atoms with Crippen LogP contribution in [0, 0.1) is 19.7 Å². The minimum absolute atomic E-state index is 0.0647. The summed E-state index contributed by atoms with van der Waals surface area (Å²) >= 11 is 3.16. The van der Waals surface area contributed by atoms with Gasteiger partial charge in [-0.25, -0.2) is 4.39 Å². The normalized spacial score (nSPS) is 10.5. The van der Waals surface area contributed by atoms with Gasteiger partial charge in [0.1, 0.15) is 12.4 Å². The van der Waals surface area contributed by atoms with E-state index in [4.69, 9.17) is 0 Å². The van der Waals surface area contributed by atoms with Gasteiger partial charge < -0.3 is 5.32 Å². The molecule has 0 radical (unpaired) electrons. The van der Waals surface area contributed by atoms with Crippen molar-refractivity contribution >= 4 is 27.5 Å². The summed E-state index contributed by atoms with van der Waals surface area (Å²) in [5.74, 6) is -0.788. The highest BCUT2D eigenvalue weighted by molar-refractivity contribution is 9.10. The molecule has 1 N–H and O–H groups in total. The molecule has 19 heavy (non-hydrogen) atoms. The molecule has 0 fully saturated rings. The van der Waals surface area contributed by atoms with Gasteiger partial charge in [-0.1, -0.05) is 15.9 Å². The molecule has 0 spiro atoms. The minimum atomic E-state index is -0.476. The van der Waals surface area contributed by atoms with E-state index in [0.29, 0.717) is 4.47 Å². The molecule has 0 saturated carbocycles. The lowest BCUT2D eigenvalue weighted by Crippen LogP contribution is -2.20. The molecule has 2 rings (SSSR count). The van der Waals surface area contributed by atoms with E-state index in [1.807, 2.05) is 19.9 Å². The number of benzene rings is 1. The smallest absolute Gasteiger partial charge is 0.246 e. The fourth-order valence-corrected chi connectivity index (χ4v) is 2.08. The molecule has 0 aliphatic carbocycles. The molecule has 6 heteroatoms. The van der Waals surface area contributed by atoms with Crippen molar-refractivity contribution in [1.82, 2.24) is 9.78 Å². The van der Waals surface area contributed by atoms with E-state index >= 15 is 0 Å². The monoisotopic (exact) mass is 325 g/mol. The Labute approximate surface area is 118 Å². The van der Waals surface area contributed by atoms with Gasteiger partial charge in [0, 0.05) is 10.2 Å². The first-order chi connectivity index (χ1) is 8.95. The number of nitrogens with zero attached hydrogens (tertiary/aromatic N) is 2. The Hall–Kier alpha value is -1.69. The number of carbonyl (C=O) groups excluding carboxylic acids is 1. The second kappa shape index (κ2) is 5.52. The number of amides is 1. The van der Waals surface area contributed by atoms with Crippen molar-refractivity contribution in [3.63, 3.8) is 0 Å². The predicted molar refractivity (Wildman–Crippen MR) is 74.4 cm³/mol. The summed E-state index contributed by atoms with van der Waals surface area (Å²) in [7, 11) is 0. The van der Waals surface area contributed by atoms with Crippen molar-refractivity contribution in [2.45, 2.75) is 20.4 Å². The number of hydrogen-bond acceptors (Lipinski definition) is 2. The maximum Gasteiger partial charge on any atom is 0.246 e. The number of halogens is 2. The third kappa shape index (κ3) is 3.41. The van der Waals surface area contributed by atoms with Gasteiger partial charge in [-0.15, -0.1) is 0 Å². The largest absolute Gasteiger partial charge is 0.322 e. The van der Waals surface area contributed by atoms with Gasteiger partial charge in [-0.2, -0.15) is 5.10 Å². The average molecular weight is 326 g/mol. The van der Waals surface area contributed by atoms with E-state index in [1.165, 1.54) is 12.1 Å². The molecule has 0 unspecified atom stereocenters. The van der Waals surface area contributed by atoms with Crippen molar-refractivity contribution in [2.24, 2.45) is 0 Å². The highest BCUT2D eigenvalue weighted by Crippen LogP contribution is 2.19. The van der Waals surface area contributed by atoms with Crippen molar-refractivity contribution in [1.29, 1.82) is 0 Å². The van der Waals surface area contributed by atoms with Gasteiger partial charge in [0.2, 0.25) is 5.91 Å². The summed E-state index contributed by atoms with van der Waals surface area (Å²) in [6.45, 7) is 3.79. The number of nitrogens with one attached hydrogen (secondary N) is 1. The maximum atomic E-state index is 13.6. The number of anilines is 1. The predicted octanol–water partition coefficient (Wildman–Crippen LogP) is 3.04. The van der Waals surface area contributed by atoms with E-state index in [9.17, 15) is 9.18 Å². The molecule has 0 aliphatic heterocycles. The van der Waals surface area contributed by atoms with E-state index in [1.54, 1.807) is 10.7 Å². The van der Waals surface area contributed by atoms with Gasteiger partial charge in [0.15, 0.2) is 0 Å². The van der Waals surface area contributed by atoms with Gasteiger partial charge >= 0.3 is 0 Å². The van der Waals surface area contributed by atoms with Gasteiger partial charge in [0.05, 0.1) is 11.4 Å². The Morgan fingerprint density at radius 3 is 2.74 bits per heavy atom. The molecule has 4 nitrogen and oxygen atoms in total. The van der Waals surface area contributed by atoms with Crippen LogP contribution in [0.15, 0.2) is 28.7 Å². The van der Waals surface area contributed by atoms with Crippen LogP contribution >= 0.6 is 15.9 Å². The van der Waals surface area contributed by atoms with E-state index in [0.717, 1.165) is 11.4 Å². The van der Waals surface area contributed by atoms with Crippen LogP contribution in [0.5, 0.6) is 0 Å². The summed E-state index contributed by atoms with van der Waals surface area (Å²) in [6, 6.07) is 6.37. The first-order valence-electron chi connectivity index (χ1n) is 5.71. The van der Waals surface area contributed by atoms with Crippen LogP contribution in [0.1, 0.15) is 11.4 Å². The Morgan fingerprint density at radius 2 is 2.16 bits per heavy atom. The second-order valence-corrected chi connectivity index (χ2v) is 5.17. The number of carbonyl (C=O) groups is 1. The Balaban J connectivity index is 2.07. The number of aromatic nitrogens is 2. The van der Waals surface area contributed by atoms with Crippen molar-refractivity contribution in [2.75, 3.05) is 5.32 Å². The molecular weight excluding hydrogens is 313 g/mol. The Kier molecular flexibility index (Phi) is 3.99. The summed E-state index contributed by atoms with van der Waals surface area (Å²) < 4.78 is 15.8. The summed E-state index contributed by atoms with van der Waals surface area (Å²) in [4.78, 5) is 11.8. The summed E-state index contributed by atoms with van der Waals surface area (Å²) in [5, 5.41) is 6.71. The molecule has 1 heterocycles. The van der Waals surface area contributed by atoms with E-state index < -0.39 is 5.82 Å². The van der Waals surface area contributed by atoms with Crippen LogP contribution in [-0.2, 0) is 11.3 Å². The fraction of sp³-hybridized carbons (Fsp3) is 0.231. The average Bonchev–Trinajstić information content (AvgIpc) is 2.61. The third-order valence-corrected chi connectivity index (χ3v) is 3.10. The lowest BCUT2D eigenvalue weighted by atomic mass is 10.3. The number of hydrogen-bond donors (Lipinski definition) is 1. The molecule has 0 atom stereocenters. The third-order valence-electron chi connectivity index (χ3n) is 2.60. The van der Waals surface area contributed by atoms with Crippen molar-refractivity contribution < 1.29 is 9.18 Å². The molecule has 1 aromatic carbocycles. The minimum Gasteiger partial charge on any atom is -0.322 e. The van der Waals surface area contributed by atoms with Gasteiger partial charge in [-0.3, -0.25) is 9.48 Å². The van der Waals surface area contributed by atoms with Gasteiger partial charge in [-0.05, 0) is 38.1 Å². The molecule has 0 saturated heterocycles. The van der Waals surface area contributed by atoms with Crippen molar-refractivity contribution in [3.8, 4) is 0 Å². The standard InChI is InChI=1S/C13H13BrFN3O/c1-8-5-9(2)18(17-8)7-13(19)16-12-4-3-10(14)6-11(12)15/h3-6H,7H2,1-2H3,(H,16,19). The summed E-state index contributed by atoms with van der Waals surface area (Å²) in [5.41, 5.74) is 1.90. The zero-order valence-electron chi connectivity index (χ0n) is 10.6. The quantitative estimate of drug-likeness (QED) is 0.942. The number of aryl methyl sites for hydroxylation is 2. The maximum absolute atomic E-state index is 13.6. The molecule has 2 aromatic rings. The molecule has 1 amide bonds. The van der Waals surface area contributed by atoms with Crippen LogP contribution in [0.4, 0.5) is 10.1 Å². The highest BCUT2D eigenvalue weighted by Gasteiger charge is 2.10. The van der Waals surface area contributed by atoms with E-state index in [2.05, 4.69) is 26.3 Å². The molecule has 0 bridgehead atoms. The molecule has 0 aliphatic rings. The van der Waals surface area contributed by atoms with Crippen LogP contribution in [0.25, 0.3) is 0 Å². The first kappa shape index (κ1) is 13.7. The van der Waals surface area contributed by atoms with Crippen LogP contribution in [0.3, 0.4) is 0 Å². The molecular formula is C13H13BrFN3O. The highest BCUT2D eigenvalue weighted by atomic mass is 79.9. The Morgan fingerprint density at radius 1 is 1.42 bits per heavy atom. The van der Waals surface area contributed by atoms with Crippen LogP contribution in [0.2, 0.25) is 0 Å². The number of rotatable bonds is 3. The van der Waals surface area contributed by atoms with E-state index in [-0.39, 0.29) is 18.1 Å². The van der Waals surface area contributed by atoms with Crippen LogP contribution in [-0.4, -0.2) is 15.7 Å². The zero-order chi connectivity index (χ0) is 14.0. The van der Waals surface area contributed by atoms with Crippen molar-refractivity contribution in [3.05, 3.63) is 45.9 Å². The summed E-state index contributed by atoms with van der Waals surface area (Å²) in [6.07, 6.45) is 0. The Bertz CT molecular complexity index is 624. The lowest BCUT2D eigenvalue weighted by Gasteiger charge is -2.08. The topological polar surface area (TPSA) is 46.9 Å². The first-order valence-corrected chi connectivity index (χ1v) is 6.51. The SMILES string of the molecule is Cc1cc(C)n(CC(=O)Nc2ccc(Br)cc2F)n1. The molecule has 1 aromatic heterocycles. The zero-order valence-corrected chi connectivity index (χ0v) is 12.2. The van der Waals surface area contributed by atoms with Gasteiger partial charge in [0.25, 0.3) is 0 Å². The van der Waals surface area contributed by atoms with Crippen LogP contribution < -0.4 is 5.32 Å². The fourth-order valence-electron chi connectivity index (χ4n) is 1.75. The second-order valence-electron chi connectivity index (χ2n) is 4.26.